The number of aromatic amines is 1. The van der Waals surface area contributed by atoms with Crippen LogP contribution in [0.15, 0.2) is 23.3 Å². The molecule has 4 nitrogen and oxygen atoms in total. The number of halogens is 1. The molecular weight excluding hydrogens is 264 g/mol. The van der Waals surface area contributed by atoms with E-state index in [1.54, 1.807) is 0 Å². The van der Waals surface area contributed by atoms with E-state index in [2.05, 4.69) is 10.3 Å². The van der Waals surface area contributed by atoms with Gasteiger partial charge in [0.1, 0.15) is 5.56 Å². The highest BCUT2D eigenvalue weighted by Crippen LogP contribution is 2.36. The number of alkyl halides is 1. The third kappa shape index (κ3) is 3.38. The third-order valence-electron chi connectivity index (χ3n) is 3.89. The first-order valence-corrected chi connectivity index (χ1v) is 7.22. The van der Waals surface area contributed by atoms with E-state index in [9.17, 15) is 9.59 Å². The second-order valence-corrected chi connectivity index (χ2v) is 5.57. The summed E-state index contributed by atoms with van der Waals surface area (Å²) in [6.07, 6.45) is 8.60. The topological polar surface area (TPSA) is 62.0 Å². The Morgan fingerprint density at radius 1 is 1.37 bits per heavy atom. The Kier molecular flexibility index (Phi) is 4.64. The molecule has 2 rings (SSSR count). The zero-order valence-corrected chi connectivity index (χ0v) is 11.6. The number of aromatic nitrogens is 1. The van der Waals surface area contributed by atoms with Crippen molar-refractivity contribution in [2.24, 2.45) is 5.41 Å². The van der Waals surface area contributed by atoms with Crippen LogP contribution < -0.4 is 10.7 Å². The van der Waals surface area contributed by atoms with Crippen LogP contribution in [0.4, 0.5) is 0 Å². The predicted molar refractivity (Wildman–Crippen MR) is 75.6 cm³/mol. The minimum atomic E-state index is -0.322. The van der Waals surface area contributed by atoms with Crippen molar-refractivity contribution in [2.75, 3.05) is 12.4 Å². The summed E-state index contributed by atoms with van der Waals surface area (Å²) in [7, 11) is 0. The average Bonchev–Trinajstić information content (AvgIpc) is 2.46. The molecule has 1 fully saturated rings. The van der Waals surface area contributed by atoms with Crippen molar-refractivity contribution in [2.45, 2.75) is 32.1 Å². The van der Waals surface area contributed by atoms with Gasteiger partial charge >= 0.3 is 0 Å². The van der Waals surface area contributed by atoms with E-state index in [4.69, 9.17) is 11.6 Å². The lowest BCUT2D eigenvalue weighted by molar-refractivity contribution is 0.0919. The maximum atomic E-state index is 12.0. The van der Waals surface area contributed by atoms with E-state index in [1.807, 2.05) is 0 Å². The molecule has 1 aromatic rings. The van der Waals surface area contributed by atoms with Gasteiger partial charge in [0.25, 0.3) is 5.91 Å². The van der Waals surface area contributed by atoms with Crippen LogP contribution in [0.3, 0.4) is 0 Å². The molecule has 0 aliphatic heterocycles. The van der Waals surface area contributed by atoms with Crippen LogP contribution in [-0.2, 0) is 0 Å². The van der Waals surface area contributed by atoms with Gasteiger partial charge in [0.15, 0.2) is 5.43 Å². The van der Waals surface area contributed by atoms with Crippen molar-refractivity contribution in [1.82, 2.24) is 10.3 Å². The van der Waals surface area contributed by atoms with Gasteiger partial charge in [-0.3, -0.25) is 9.59 Å². The molecular formula is C14H19ClN2O2. The van der Waals surface area contributed by atoms with E-state index < -0.39 is 0 Å². The molecule has 2 N–H and O–H groups in total. The number of carbonyl (C=O) groups is 1. The number of H-pyrrole nitrogens is 1. The van der Waals surface area contributed by atoms with E-state index in [0.717, 1.165) is 25.7 Å². The Labute approximate surface area is 117 Å². The zero-order chi connectivity index (χ0) is 13.7. The fourth-order valence-electron chi connectivity index (χ4n) is 2.62. The summed E-state index contributed by atoms with van der Waals surface area (Å²) < 4.78 is 0. The number of rotatable bonds is 4. The number of hydrogen-bond acceptors (Lipinski definition) is 2. The Balaban J connectivity index is 2.00. The van der Waals surface area contributed by atoms with Gasteiger partial charge in [-0.1, -0.05) is 19.3 Å². The third-order valence-corrected chi connectivity index (χ3v) is 4.46. The van der Waals surface area contributed by atoms with Crippen LogP contribution in [0.1, 0.15) is 42.5 Å². The summed E-state index contributed by atoms with van der Waals surface area (Å²) >= 11 is 6.08. The summed E-state index contributed by atoms with van der Waals surface area (Å²) in [4.78, 5) is 26.3. The van der Waals surface area contributed by atoms with Crippen LogP contribution >= 0.6 is 11.6 Å². The predicted octanol–water partition coefficient (Wildman–Crippen LogP) is 2.29. The first-order chi connectivity index (χ1) is 9.17. The fourth-order valence-corrected chi connectivity index (χ4v) is 2.98. The Hall–Kier alpha value is -1.29. The minimum Gasteiger partial charge on any atom is -0.367 e. The van der Waals surface area contributed by atoms with E-state index in [-0.39, 0.29) is 22.3 Å². The summed E-state index contributed by atoms with van der Waals surface area (Å²) in [6, 6.07) is 1.35. The van der Waals surface area contributed by atoms with Crippen LogP contribution in [0, 0.1) is 5.41 Å². The lowest BCUT2D eigenvalue weighted by Crippen LogP contribution is -2.41. The van der Waals surface area contributed by atoms with Crippen molar-refractivity contribution in [3.8, 4) is 0 Å². The smallest absolute Gasteiger partial charge is 0.256 e. The maximum Gasteiger partial charge on any atom is 0.256 e. The van der Waals surface area contributed by atoms with Gasteiger partial charge in [0.05, 0.1) is 0 Å². The van der Waals surface area contributed by atoms with Crippen LogP contribution in [0.2, 0.25) is 0 Å². The number of carbonyl (C=O) groups excluding carboxylic acids is 1. The molecule has 1 aliphatic carbocycles. The van der Waals surface area contributed by atoms with Gasteiger partial charge in [-0.2, -0.15) is 0 Å². The lowest BCUT2D eigenvalue weighted by Gasteiger charge is -2.35. The van der Waals surface area contributed by atoms with Gasteiger partial charge in [0, 0.05) is 36.3 Å². The zero-order valence-electron chi connectivity index (χ0n) is 10.9. The highest BCUT2D eigenvalue weighted by Gasteiger charge is 2.31. The highest BCUT2D eigenvalue weighted by molar-refractivity contribution is 6.18. The van der Waals surface area contributed by atoms with Gasteiger partial charge in [0.2, 0.25) is 0 Å². The molecule has 1 amide bonds. The molecule has 1 aliphatic rings. The maximum absolute atomic E-state index is 12.0. The summed E-state index contributed by atoms with van der Waals surface area (Å²) in [5, 5.41) is 2.86. The van der Waals surface area contributed by atoms with Crippen molar-refractivity contribution in [3.05, 3.63) is 34.2 Å². The average molecular weight is 283 g/mol. The SMILES string of the molecule is O=C(NCC1(CCl)CCCCC1)c1c[nH]ccc1=O. The second-order valence-electron chi connectivity index (χ2n) is 5.30. The summed E-state index contributed by atoms with van der Waals surface area (Å²) in [5.74, 6) is 0.232. The van der Waals surface area contributed by atoms with Crippen LogP contribution in [-0.4, -0.2) is 23.3 Å². The molecule has 5 heteroatoms. The van der Waals surface area contributed by atoms with Crippen LogP contribution in [0.5, 0.6) is 0 Å². The van der Waals surface area contributed by atoms with Crippen molar-refractivity contribution >= 4 is 17.5 Å². The summed E-state index contributed by atoms with van der Waals surface area (Å²) in [5.41, 5.74) is -0.111. The highest BCUT2D eigenvalue weighted by atomic mass is 35.5. The minimum absolute atomic E-state index is 0.00297. The Bertz CT molecular complexity index is 492. The second kappa shape index (κ2) is 6.24. The van der Waals surface area contributed by atoms with E-state index in [1.165, 1.54) is 24.9 Å². The molecule has 0 bridgehead atoms. The monoisotopic (exact) mass is 282 g/mol. The van der Waals surface area contributed by atoms with Crippen molar-refractivity contribution in [3.63, 3.8) is 0 Å². The molecule has 0 spiro atoms. The van der Waals surface area contributed by atoms with Gasteiger partial charge in [-0.05, 0) is 12.8 Å². The van der Waals surface area contributed by atoms with Crippen molar-refractivity contribution < 1.29 is 4.79 Å². The number of nitrogens with one attached hydrogen (secondary N) is 2. The largest absolute Gasteiger partial charge is 0.367 e. The molecule has 104 valence electrons. The number of pyridine rings is 1. The summed E-state index contributed by atoms with van der Waals surface area (Å²) in [6.45, 7) is 0.545. The molecule has 0 saturated heterocycles. The normalized spacial score (nSPS) is 17.9. The number of amides is 1. The first-order valence-electron chi connectivity index (χ1n) is 6.68. The molecule has 1 saturated carbocycles. The quantitative estimate of drug-likeness (QED) is 0.833. The van der Waals surface area contributed by atoms with Gasteiger partial charge < -0.3 is 10.3 Å². The Morgan fingerprint density at radius 2 is 2.11 bits per heavy atom. The fraction of sp³-hybridized carbons (Fsp3) is 0.571. The molecule has 1 aromatic heterocycles. The Morgan fingerprint density at radius 3 is 2.74 bits per heavy atom. The van der Waals surface area contributed by atoms with Gasteiger partial charge in [-0.25, -0.2) is 0 Å². The molecule has 19 heavy (non-hydrogen) atoms. The van der Waals surface area contributed by atoms with E-state index in [0.29, 0.717) is 12.4 Å². The first kappa shape index (κ1) is 14.1. The van der Waals surface area contributed by atoms with Crippen LogP contribution in [0.25, 0.3) is 0 Å². The van der Waals surface area contributed by atoms with Gasteiger partial charge in [-0.15, -0.1) is 11.6 Å². The molecule has 0 radical (unpaired) electrons. The van der Waals surface area contributed by atoms with E-state index >= 15 is 0 Å². The van der Waals surface area contributed by atoms with Crippen molar-refractivity contribution in [1.29, 1.82) is 0 Å². The number of hydrogen-bond donors (Lipinski definition) is 2. The molecule has 1 heterocycles. The molecule has 0 atom stereocenters. The standard InChI is InChI=1S/C14H19ClN2O2/c15-9-14(5-2-1-3-6-14)10-17-13(19)11-8-16-7-4-12(11)18/h4,7-8H,1-3,5-6,9-10H2,(H,16,18)(H,17,19). The molecule has 0 aromatic carbocycles. The lowest BCUT2D eigenvalue weighted by atomic mass is 9.75. The molecule has 0 unspecified atom stereocenters.